The molecule has 2 saturated heterocycles. The minimum atomic E-state index is -0.836. The molecule has 7 nitrogen and oxygen atoms in total. The van der Waals surface area contributed by atoms with Gasteiger partial charge in [-0.15, -0.1) is 11.3 Å². The highest BCUT2D eigenvalue weighted by Gasteiger charge is 2.51. The van der Waals surface area contributed by atoms with Gasteiger partial charge in [-0.2, -0.15) is 0 Å². The minimum Gasteiger partial charge on any atom is -0.343 e. The van der Waals surface area contributed by atoms with Gasteiger partial charge in [0.25, 0.3) is 5.91 Å². The number of aryl methyl sites for hydroxylation is 1. The Labute approximate surface area is 186 Å². The van der Waals surface area contributed by atoms with E-state index in [0.717, 1.165) is 34.5 Å². The van der Waals surface area contributed by atoms with Crippen LogP contribution in [-0.2, 0) is 16.0 Å². The summed E-state index contributed by atoms with van der Waals surface area (Å²) in [6.07, 6.45) is 4.04. The number of fused-ring (bicyclic) bond motifs is 1. The van der Waals surface area contributed by atoms with Crippen LogP contribution in [0.4, 0.5) is 4.79 Å². The Hall–Kier alpha value is -2.48. The number of rotatable bonds is 7. The van der Waals surface area contributed by atoms with E-state index in [0.29, 0.717) is 38.3 Å². The van der Waals surface area contributed by atoms with Crippen molar-refractivity contribution in [3.63, 3.8) is 0 Å². The monoisotopic (exact) mass is 442 g/mol. The fourth-order valence-electron chi connectivity index (χ4n) is 4.71. The van der Waals surface area contributed by atoms with Crippen molar-refractivity contribution in [1.82, 2.24) is 20.5 Å². The Morgan fingerprint density at radius 2 is 2.00 bits per heavy atom. The zero-order valence-corrected chi connectivity index (χ0v) is 19.0. The molecule has 0 radical (unpaired) electrons. The molecular weight excluding hydrogens is 412 g/mol. The SMILES string of the molecule is CC(C)CCC1(C2CCN(C(=O)CCc3nc4ccccc4s3)CC2)NC(=O)NC1=O. The lowest BCUT2D eigenvalue weighted by atomic mass is 9.74. The molecule has 0 spiro atoms. The molecule has 3 heterocycles. The maximum Gasteiger partial charge on any atom is 0.322 e. The van der Waals surface area contributed by atoms with E-state index >= 15 is 0 Å². The molecule has 8 heteroatoms. The predicted octanol–water partition coefficient (Wildman–Crippen LogP) is 3.48. The Kier molecular flexibility index (Phi) is 6.27. The van der Waals surface area contributed by atoms with Gasteiger partial charge in [0.05, 0.1) is 15.2 Å². The Balaban J connectivity index is 1.34. The summed E-state index contributed by atoms with van der Waals surface area (Å²) in [6.45, 7) is 5.48. The van der Waals surface area contributed by atoms with E-state index in [-0.39, 0.29) is 17.7 Å². The summed E-state index contributed by atoms with van der Waals surface area (Å²) in [7, 11) is 0. The molecule has 2 N–H and O–H groups in total. The average Bonchev–Trinajstić information content (AvgIpc) is 3.30. The van der Waals surface area contributed by atoms with Crippen LogP contribution in [0.5, 0.6) is 0 Å². The summed E-state index contributed by atoms with van der Waals surface area (Å²) in [6, 6.07) is 7.62. The van der Waals surface area contributed by atoms with E-state index in [1.54, 1.807) is 11.3 Å². The van der Waals surface area contributed by atoms with E-state index in [1.165, 1.54) is 0 Å². The molecule has 166 valence electrons. The molecule has 0 saturated carbocycles. The summed E-state index contributed by atoms with van der Waals surface area (Å²) in [4.78, 5) is 43.9. The number of carbonyl (C=O) groups is 3. The molecule has 2 aromatic rings. The second-order valence-corrected chi connectivity index (χ2v) is 10.2. The number of para-hydroxylation sites is 1. The number of nitrogens with one attached hydrogen (secondary N) is 2. The van der Waals surface area contributed by atoms with Crippen LogP contribution >= 0.6 is 11.3 Å². The van der Waals surface area contributed by atoms with Gasteiger partial charge in [0.2, 0.25) is 5.91 Å². The molecule has 4 amide bonds. The summed E-state index contributed by atoms with van der Waals surface area (Å²) in [5, 5.41) is 6.36. The molecule has 4 rings (SSSR count). The summed E-state index contributed by atoms with van der Waals surface area (Å²) in [5.74, 6) is 0.421. The van der Waals surface area contributed by atoms with Crippen molar-refractivity contribution >= 4 is 39.4 Å². The molecule has 2 aliphatic rings. The first-order chi connectivity index (χ1) is 14.9. The minimum absolute atomic E-state index is 0.0472. The third kappa shape index (κ3) is 4.59. The topological polar surface area (TPSA) is 91.4 Å². The van der Waals surface area contributed by atoms with Crippen molar-refractivity contribution in [3.05, 3.63) is 29.3 Å². The van der Waals surface area contributed by atoms with Gasteiger partial charge in [-0.05, 0) is 49.7 Å². The van der Waals surface area contributed by atoms with Crippen LogP contribution in [0, 0.1) is 11.8 Å². The van der Waals surface area contributed by atoms with Crippen LogP contribution in [0.2, 0.25) is 0 Å². The maximum atomic E-state index is 12.8. The number of amides is 4. The summed E-state index contributed by atoms with van der Waals surface area (Å²) >= 11 is 1.64. The maximum absolute atomic E-state index is 12.8. The zero-order chi connectivity index (χ0) is 22.0. The third-order valence-electron chi connectivity index (χ3n) is 6.52. The fourth-order valence-corrected chi connectivity index (χ4v) is 5.68. The van der Waals surface area contributed by atoms with Gasteiger partial charge in [0.1, 0.15) is 5.54 Å². The van der Waals surface area contributed by atoms with Crippen molar-refractivity contribution < 1.29 is 14.4 Å². The van der Waals surface area contributed by atoms with E-state index < -0.39 is 11.6 Å². The van der Waals surface area contributed by atoms with Crippen LogP contribution in [0.15, 0.2) is 24.3 Å². The van der Waals surface area contributed by atoms with Crippen LogP contribution < -0.4 is 10.6 Å². The molecule has 2 aliphatic heterocycles. The summed E-state index contributed by atoms with van der Waals surface area (Å²) < 4.78 is 1.15. The van der Waals surface area contributed by atoms with Crippen molar-refractivity contribution in [1.29, 1.82) is 0 Å². The first kappa shape index (κ1) is 21.7. The number of urea groups is 1. The smallest absolute Gasteiger partial charge is 0.322 e. The van der Waals surface area contributed by atoms with E-state index in [9.17, 15) is 14.4 Å². The largest absolute Gasteiger partial charge is 0.343 e. The summed E-state index contributed by atoms with van der Waals surface area (Å²) in [5.41, 5.74) is 0.150. The zero-order valence-electron chi connectivity index (χ0n) is 18.1. The third-order valence-corrected chi connectivity index (χ3v) is 7.62. The first-order valence-electron chi connectivity index (χ1n) is 11.1. The molecule has 1 unspecified atom stereocenters. The van der Waals surface area contributed by atoms with Gasteiger partial charge in [0, 0.05) is 25.9 Å². The number of hydrogen-bond donors (Lipinski definition) is 2. The van der Waals surface area contributed by atoms with Crippen molar-refractivity contribution in [2.24, 2.45) is 11.8 Å². The first-order valence-corrected chi connectivity index (χ1v) is 11.9. The number of aromatic nitrogens is 1. The van der Waals surface area contributed by atoms with Crippen LogP contribution in [0.3, 0.4) is 0 Å². The molecule has 0 aliphatic carbocycles. The van der Waals surface area contributed by atoms with Crippen molar-refractivity contribution in [3.8, 4) is 0 Å². The number of carbonyl (C=O) groups excluding carboxylic acids is 3. The highest BCUT2D eigenvalue weighted by Crippen LogP contribution is 2.35. The molecular formula is C23H30N4O3S. The lowest BCUT2D eigenvalue weighted by Gasteiger charge is -2.41. The quantitative estimate of drug-likeness (QED) is 0.642. The van der Waals surface area contributed by atoms with Crippen LogP contribution in [0.25, 0.3) is 10.2 Å². The number of piperidine rings is 1. The number of hydrogen-bond acceptors (Lipinski definition) is 5. The average molecular weight is 443 g/mol. The molecule has 1 aromatic carbocycles. The molecule has 2 fully saturated rings. The van der Waals surface area contributed by atoms with Gasteiger partial charge in [-0.1, -0.05) is 26.0 Å². The fraction of sp³-hybridized carbons (Fsp3) is 0.565. The Morgan fingerprint density at radius 3 is 2.65 bits per heavy atom. The number of imide groups is 1. The number of likely N-dealkylation sites (tertiary alicyclic amines) is 1. The second kappa shape index (κ2) is 8.94. The molecule has 1 aromatic heterocycles. The number of thiazole rings is 1. The molecule has 0 bridgehead atoms. The standard InChI is InChI=1S/C23H30N4O3S/c1-15(2)9-12-23(21(29)25-22(30)26-23)16-10-13-27(14-11-16)20(28)8-7-19-24-17-5-3-4-6-18(17)31-19/h3-6,15-16H,7-14H2,1-2H3,(H2,25,26,29,30). The predicted molar refractivity (Wildman–Crippen MR) is 121 cm³/mol. The van der Waals surface area contributed by atoms with Gasteiger partial charge < -0.3 is 10.2 Å². The van der Waals surface area contributed by atoms with Gasteiger partial charge >= 0.3 is 6.03 Å². The van der Waals surface area contributed by atoms with Crippen molar-refractivity contribution in [2.45, 2.75) is 57.9 Å². The van der Waals surface area contributed by atoms with Gasteiger partial charge in [0.15, 0.2) is 0 Å². The highest BCUT2D eigenvalue weighted by molar-refractivity contribution is 7.18. The lowest BCUT2D eigenvalue weighted by molar-refractivity contribution is -0.133. The Morgan fingerprint density at radius 1 is 1.26 bits per heavy atom. The molecule has 31 heavy (non-hydrogen) atoms. The number of nitrogens with zero attached hydrogens (tertiary/aromatic N) is 2. The van der Waals surface area contributed by atoms with Crippen LogP contribution in [-0.4, -0.2) is 46.4 Å². The molecule has 1 atom stereocenters. The normalized spacial score (nSPS) is 22.2. The lowest BCUT2D eigenvalue weighted by Crippen LogP contribution is -2.56. The number of benzene rings is 1. The van der Waals surface area contributed by atoms with Crippen LogP contribution in [0.1, 0.15) is 51.0 Å². The van der Waals surface area contributed by atoms with E-state index in [2.05, 4.69) is 35.5 Å². The highest BCUT2D eigenvalue weighted by atomic mass is 32.1. The van der Waals surface area contributed by atoms with Crippen molar-refractivity contribution in [2.75, 3.05) is 13.1 Å². The second-order valence-electron chi connectivity index (χ2n) is 9.04. The van der Waals surface area contributed by atoms with Gasteiger partial charge in [-0.3, -0.25) is 14.9 Å². The van der Waals surface area contributed by atoms with E-state index in [4.69, 9.17) is 0 Å². The van der Waals surface area contributed by atoms with Gasteiger partial charge in [-0.25, -0.2) is 9.78 Å². The van der Waals surface area contributed by atoms with E-state index in [1.807, 2.05) is 23.1 Å². The Bertz CT molecular complexity index is 947.